The number of anilines is 3. The molecule has 0 saturated heterocycles. The van der Waals surface area contributed by atoms with Crippen LogP contribution in [0.2, 0.25) is 10.0 Å². The van der Waals surface area contributed by atoms with E-state index in [-0.39, 0.29) is 0 Å². The van der Waals surface area contributed by atoms with Crippen molar-refractivity contribution in [3.8, 4) is 0 Å². The van der Waals surface area contributed by atoms with Gasteiger partial charge in [0.05, 0.1) is 10.7 Å². The van der Waals surface area contributed by atoms with Crippen LogP contribution in [0.1, 0.15) is 18.9 Å². The van der Waals surface area contributed by atoms with Crippen molar-refractivity contribution in [2.24, 2.45) is 0 Å². The Bertz CT molecular complexity index is 676. The number of hydrogen-bond acceptors (Lipinski definition) is 5. The molecule has 2 aromatic rings. The van der Waals surface area contributed by atoms with Crippen LogP contribution in [-0.4, -0.2) is 35.0 Å². The smallest absolute Gasteiger partial charge is 0.229 e. The Kier molecular flexibility index (Phi) is 6.04. The number of hydrogen-bond donors (Lipinski definition) is 2. The minimum atomic E-state index is 0.399. The number of nitrogens with one attached hydrogen (secondary N) is 1. The predicted molar refractivity (Wildman–Crippen MR) is 97.7 cm³/mol. The average Bonchev–Trinajstić information content (AvgIpc) is 2.49. The number of rotatable bonds is 6. The molecule has 5 nitrogen and oxygen atoms in total. The van der Waals surface area contributed by atoms with Gasteiger partial charge in [0, 0.05) is 22.8 Å². The van der Waals surface area contributed by atoms with E-state index in [2.05, 4.69) is 41.2 Å². The summed E-state index contributed by atoms with van der Waals surface area (Å²) < 4.78 is 0. The van der Waals surface area contributed by atoms with Crippen LogP contribution in [-0.2, 0) is 6.42 Å². The first kappa shape index (κ1) is 17.8. The van der Waals surface area contributed by atoms with Crippen LogP contribution in [0.25, 0.3) is 0 Å². The fourth-order valence-corrected chi connectivity index (χ4v) is 2.35. The second kappa shape index (κ2) is 7.81. The average molecular weight is 354 g/mol. The summed E-state index contributed by atoms with van der Waals surface area (Å²) in [5.41, 5.74) is 7.63. The van der Waals surface area contributed by atoms with Crippen molar-refractivity contribution in [1.29, 1.82) is 0 Å². The zero-order valence-corrected chi connectivity index (χ0v) is 15.0. The molecule has 0 fully saturated rings. The van der Waals surface area contributed by atoms with Crippen molar-refractivity contribution < 1.29 is 0 Å². The van der Waals surface area contributed by atoms with Crippen LogP contribution in [0.3, 0.4) is 0 Å². The molecule has 1 heterocycles. The van der Waals surface area contributed by atoms with Gasteiger partial charge in [0.2, 0.25) is 5.95 Å². The summed E-state index contributed by atoms with van der Waals surface area (Å²) in [6.45, 7) is 2.17. The Morgan fingerprint density at radius 1 is 1.30 bits per heavy atom. The highest BCUT2D eigenvalue weighted by atomic mass is 35.5. The molecule has 0 amide bonds. The largest absolute Gasteiger partial charge is 0.383 e. The topological polar surface area (TPSA) is 67.1 Å². The van der Waals surface area contributed by atoms with Crippen LogP contribution in [0.5, 0.6) is 0 Å². The molecule has 2 rings (SSSR count). The number of nitrogens with two attached hydrogens (primary N) is 1. The van der Waals surface area contributed by atoms with Crippen LogP contribution in [0.15, 0.2) is 24.4 Å². The SMILES string of the molecule is CC(CCc1cnc(Nc2cc(Cl)ccc2Cl)nc1N)N(C)C. The van der Waals surface area contributed by atoms with E-state index >= 15 is 0 Å². The van der Waals surface area contributed by atoms with Gasteiger partial charge >= 0.3 is 0 Å². The molecular weight excluding hydrogens is 333 g/mol. The van der Waals surface area contributed by atoms with Gasteiger partial charge in [-0.05, 0) is 52.1 Å². The molecule has 0 bridgehead atoms. The Balaban J connectivity index is 2.08. The first-order valence-corrected chi connectivity index (χ1v) is 8.12. The molecule has 7 heteroatoms. The second-order valence-corrected chi connectivity index (χ2v) is 6.55. The minimum absolute atomic E-state index is 0.399. The van der Waals surface area contributed by atoms with Crippen LogP contribution >= 0.6 is 23.2 Å². The zero-order chi connectivity index (χ0) is 17.0. The summed E-state index contributed by atoms with van der Waals surface area (Å²) in [5.74, 6) is 0.877. The molecule has 1 aromatic heterocycles. The van der Waals surface area contributed by atoms with E-state index in [4.69, 9.17) is 28.9 Å². The lowest BCUT2D eigenvalue weighted by atomic mass is 10.1. The summed E-state index contributed by atoms with van der Waals surface area (Å²) in [4.78, 5) is 10.8. The monoisotopic (exact) mass is 353 g/mol. The third kappa shape index (κ3) is 4.96. The first-order chi connectivity index (χ1) is 10.9. The lowest BCUT2D eigenvalue weighted by molar-refractivity contribution is 0.299. The third-order valence-corrected chi connectivity index (χ3v) is 4.35. The van der Waals surface area contributed by atoms with Gasteiger partial charge in [0.15, 0.2) is 0 Å². The second-order valence-electron chi connectivity index (χ2n) is 5.70. The van der Waals surface area contributed by atoms with Crippen molar-refractivity contribution in [3.05, 3.63) is 40.0 Å². The molecule has 0 aliphatic rings. The maximum atomic E-state index is 6.12. The summed E-state index contributed by atoms with van der Waals surface area (Å²) in [6, 6.07) is 5.62. The summed E-state index contributed by atoms with van der Waals surface area (Å²) in [6.07, 6.45) is 3.59. The van der Waals surface area contributed by atoms with Gasteiger partial charge in [0.1, 0.15) is 5.82 Å². The van der Waals surface area contributed by atoms with Crippen molar-refractivity contribution >= 4 is 40.7 Å². The van der Waals surface area contributed by atoms with Crippen LogP contribution < -0.4 is 11.1 Å². The van der Waals surface area contributed by atoms with E-state index in [1.807, 2.05) is 0 Å². The molecule has 1 aromatic carbocycles. The molecular formula is C16H21Cl2N5. The van der Waals surface area contributed by atoms with E-state index < -0.39 is 0 Å². The van der Waals surface area contributed by atoms with Crippen LogP contribution in [0, 0.1) is 0 Å². The van der Waals surface area contributed by atoms with E-state index in [1.54, 1.807) is 24.4 Å². The summed E-state index contributed by atoms with van der Waals surface area (Å²) >= 11 is 12.1. The zero-order valence-electron chi connectivity index (χ0n) is 13.5. The summed E-state index contributed by atoms with van der Waals surface area (Å²) in [5, 5.41) is 4.16. The molecule has 0 aliphatic carbocycles. The standard InChI is InChI=1S/C16H21Cl2N5/c1-10(23(2)3)4-5-11-9-20-16(22-15(11)19)21-14-8-12(17)6-7-13(14)18/h6-10H,4-5H2,1-3H3,(H3,19,20,21,22). The van der Waals surface area contributed by atoms with Gasteiger partial charge in [-0.1, -0.05) is 23.2 Å². The molecule has 0 saturated carbocycles. The normalized spacial score (nSPS) is 12.4. The van der Waals surface area contributed by atoms with Crippen LogP contribution in [0.4, 0.5) is 17.5 Å². The molecule has 1 unspecified atom stereocenters. The summed E-state index contributed by atoms with van der Waals surface area (Å²) in [7, 11) is 4.12. The van der Waals surface area contributed by atoms with E-state index in [0.29, 0.717) is 33.5 Å². The van der Waals surface area contributed by atoms with Gasteiger partial charge in [-0.25, -0.2) is 4.98 Å². The number of aromatic nitrogens is 2. The van der Waals surface area contributed by atoms with Crippen molar-refractivity contribution in [3.63, 3.8) is 0 Å². The Morgan fingerprint density at radius 3 is 2.70 bits per heavy atom. The van der Waals surface area contributed by atoms with Gasteiger partial charge in [-0.3, -0.25) is 0 Å². The molecule has 23 heavy (non-hydrogen) atoms. The lowest BCUT2D eigenvalue weighted by Crippen LogP contribution is -2.25. The predicted octanol–water partition coefficient (Wildman–Crippen LogP) is 3.99. The molecule has 3 N–H and O–H groups in total. The Labute approximate surface area is 146 Å². The lowest BCUT2D eigenvalue weighted by Gasteiger charge is -2.19. The molecule has 0 radical (unpaired) electrons. The quantitative estimate of drug-likeness (QED) is 0.821. The molecule has 124 valence electrons. The van der Waals surface area contributed by atoms with Crippen molar-refractivity contribution in [1.82, 2.24) is 14.9 Å². The highest BCUT2D eigenvalue weighted by Gasteiger charge is 2.10. The van der Waals surface area contributed by atoms with E-state index in [9.17, 15) is 0 Å². The maximum Gasteiger partial charge on any atom is 0.229 e. The maximum absolute atomic E-state index is 6.12. The highest BCUT2D eigenvalue weighted by Crippen LogP contribution is 2.27. The third-order valence-electron chi connectivity index (χ3n) is 3.79. The van der Waals surface area contributed by atoms with Crippen molar-refractivity contribution in [2.45, 2.75) is 25.8 Å². The van der Waals surface area contributed by atoms with E-state index in [1.165, 1.54) is 0 Å². The van der Waals surface area contributed by atoms with Gasteiger partial charge in [-0.2, -0.15) is 4.98 Å². The molecule has 1 atom stereocenters. The number of nitrogen functional groups attached to an aromatic ring is 1. The molecule has 0 spiro atoms. The fourth-order valence-electron chi connectivity index (χ4n) is 2.01. The number of aryl methyl sites for hydroxylation is 1. The first-order valence-electron chi connectivity index (χ1n) is 7.36. The number of halogens is 2. The van der Waals surface area contributed by atoms with Crippen molar-refractivity contribution in [2.75, 3.05) is 25.1 Å². The fraction of sp³-hybridized carbons (Fsp3) is 0.375. The molecule has 0 aliphatic heterocycles. The number of nitrogens with zero attached hydrogens (tertiary/aromatic N) is 3. The minimum Gasteiger partial charge on any atom is -0.383 e. The Hall–Kier alpha value is -1.56. The van der Waals surface area contributed by atoms with E-state index in [0.717, 1.165) is 18.4 Å². The van der Waals surface area contributed by atoms with Gasteiger partial charge in [-0.15, -0.1) is 0 Å². The number of benzene rings is 1. The van der Waals surface area contributed by atoms with Gasteiger partial charge in [0.25, 0.3) is 0 Å². The highest BCUT2D eigenvalue weighted by molar-refractivity contribution is 6.35. The Morgan fingerprint density at radius 2 is 2.04 bits per heavy atom. The van der Waals surface area contributed by atoms with Gasteiger partial charge < -0.3 is 16.0 Å².